The molecule has 0 bridgehead atoms. The Bertz CT molecular complexity index is 909. The van der Waals surface area contributed by atoms with Gasteiger partial charge in [0.1, 0.15) is 5.82 Å². The van der Waals surface area contributed by atoms with Crippen molar-refractivity contribution in [2.45, 2.75) is 51.1 Å². The molecule has 0 saturated heterocycles. The van der Waals surface area contributed by atoms with E-state index in [1.54, 1.807) is 11.3 Å². The molecule has 0 radical (unpaired) electrons. The van der Waals surface area contributed by atoms with Gasteiger partial charge in [-0.1, -0.05) is 43.2 Å². The predicted molar refractivity (Wildman–Crippen MR) is 110 cm³/mol. The first kappa shape index (κ1) is 17.7. The zero-order valence-corrected chi connectivity index (χ0v) is 16.4. The third-order valence-electron chi connectivity index (χ3n) is 5.23. The third kappa shape index (κ3) is 3.43. The van der Waals surface area contributed by atoms with Crippen LogP contribution < -0.4 is 11.1 Å². The first-order chi connectivity index (χ1) is 12.6. The highest BCUT2D eigenvalue weighted by atomic mass is 35.5. The fourth-order valence-electron chi connectivity index (χ4n) is 3.82. The lowest BCUT2D eigenvalue weighted by atomic mass is 9.83. The van der Waals surface area contributed by atoms with Crippen molar-refractivity contribution in [2.75, 3.05) is 5.32 Å². The van der Waals surface area contributed by atoms with E-state index in [1.807, 2.05) is 18.2 Å². The van der Waals surface area contributed by atoms with E-state index in [4.69, 9.17) is 17.3 Å². The van der Waals surface area contributed by atoms with Crippen LogP contribution in [0.3, 0.4) is 0 Å². The summed E-state index contributed by atoms with van der Waals surface area (Å²) in [6.45, 7) is 2.85. The van der Waals surface area contributed by atoms with Crippen LogP contribution in [0.1, 0.15) is 47.6 Å². The molecule has 4 rings (SSSR count). The lowest BCUT2D eigenvalue weighted by Crippen LogP contribution is -2.31. The Balaban J connectivity index is 1.70. The second-order valence-corrected chi connectivity index (χ2v) is 8.39. The lowest BCUT2D eigenvalue weighted by molar-refractivity contribution is 0.389. The smallest absolute Gasteiger partial charge is 0.224 e. The van der Waals surface area contributed by atoms with Crippen molar-refractivity contribution in [3.05, 3.63) is 51.6 Å². The van der Waals surface area contributed by atoms with E-state index >= 15 is 0 Å². The van der Waals surface area contributed by atoms with Crippen molar-refractivity contribution in [2.24, 2.45) is 5.73 Å². The molecule has 136 valence electrons. The van der Waals surface area contributed by atoms with Gasteiger partial charge in [-0.05, 0) is 42.5 Å². The Kier molecular flexibility index (Phi) is 5.11. The van der Waals surface area contributed by atoms with Gasteiger partial charge in [0, 0.05) is 23.4 Å². The average Bonchev–Trinajstić information content (AvgIpc) is 2.98. The molecule has 0 amide bonds. The molecule has 2 heterocycles. The molecular formula is C20H23ClN4S. The van der Waals surface area contributed by atoms with Crippen LogP contribution in [0.15, 0.2) is 30.3 Å². The van der Waals surface area contributed by atoms with Crippen molar-refractivity contribution < 1.29 is 0 Å². The quantitative estimate of drug-likeness (QED) is 0.601. The van der Waals surface area contributed by atoms with Gasteiger partial charge in [0.2, 0.25) is 5.28 Å². The molecule has 1 aliphatic rings. The summed E-state index contributed by atoms with van der Waals surface area (Å²) in [4.78, 5) is 10.3. The van der Waals surface area contributed by atoms with Gasteiger partial charge in [-0.3, -0.25) is 0 Å². The Morgan fingerprint density at radius 1 is 1.19 bits per heavy atom. The first-order valence-corrected chi connectivity index (χ1v) is 10.3. The Morgan fingerprint density at radius 3 is 2.73 bits per heavy atom. The maximum Gasteiger partial charge on any atom is 0.224 e. The summed E-state index contributed by atoms with van der Waals surface area (Å²) >= 11 is 8.00. The highest BCUT2D eigenvalue weighted by Crippen LogP contribution is 2.43. The molecule has 2 atom stereocenters. The minimum absolute atomic E-state index is 0.236. The number of rotatable bonds is 4. The van der Waals surface area contributed by atoms with Crippen molar-refractivity contribution in [1.82, 2.24) is 9.97 Å². The van der Waals surface area contributed by atoms with Crippen molar-refractivity contribution >= 4 is 39.0 Å². The van der Waals surface area contributed by atoms with E-state index in [0.717, 1.165) is 28.9 Å². The highest BCUT2D eigenvalue weighted by Gasteiger charge is 2.28. The molecule has 3 aromatic rings. The summed E-state index contributed by atoms with van der Waals surface area (Å²) < 4.78 is 1.08. The fourth-order valence-corrected chi connectivity index (χ4v) is 5.41. The van der Waals surface area contributed by atoms with Crippen LogP contribution in [0, 0.1) is 6.92 Å². The van der Waals surface area contributed by atoms with E-state index in [2.05, 4.69) is 34.3 Å². The maximum absolute atomic E-state index is 6.43. The van der Waals surface area contributed by atoms with Gasteiger partial charge < -0.3 is 11.1 Å². The van der Waals surface area contributed by atoms with Crippen LogP contribution >= 0.6 is 22.9 Å². The standard InChI is InChI=1S/C20H23ClN4S/c1-12-16-18(26-17(12)14-9-5-6-10-15(14)22)19(25-20(21)24-16)23-11-13-7-3-2-4-8-13/h2-4,7-8,14-15H,5-6,9-11,22H2,1H3,(H,23,24,25)/t14-,15-/m0/s1. The molecular weight excluding hydrogens is 364 g/mol. The summed E-state index contributed by atoms with van der Waals surface area (Å²) in [5.74, 6) is 1.23. The Hall–Kier alpha value is -1.69. The fraction of sp³-hybridized carbons (Fsp3) is 0.400. The van der Waals surface area contributed by atoms with Gasteiger partial charge in [-0.2, -0.15) is 4.98 Å². The molecule has 1 fully saturated rings. The maximum atomic E-state index is 6.43. The van der Waals surface area contributed by atoms with Crippen LogP contribution in [0.25, 0.3) is 10.2 Å². The average molecular weight is 387 g/mol. The molecule has 26 heavy (non-hydrogen) atoms. The number of aryl methyl sites for hydroxylation is 1. The number of anilines is 1. The second-order valence-electron chi connectivity index (χ2n) is 7.00. The Labute approximate surface area is 162 Å². The number of nitrogens with two attached hydrogens (primary N) is 1. The third-order valence-corrected chi connectivity index (χ3v) is 6.82. The number of thiophene rings is 1. The zero-order chi connectivity index (χ0) is 18.1. The number of hydrogen-bond acceptors (Lipinski definition) is 5. The summed E-state index contributed by atoms with van der Waals surface area (Å²) in [5, 5.41) is 3.73. The van der Waals surface area contributed by atoms with E-state index < -0.39 is 0 Å². The predicted octanol–water partition coefficient (Wildman–Crippen LogP) is 5.25. The summed E-state index contributed by atoms with van der Waals surface area (Å²) in [6, 6.07) is 10.5. The number of fused-ring (bicyclic) bond motifs is 1. The Morgan fingerprint density at radius 2 is 1.96 bits per heavy atom. The largest absolute Gasteiger partial charge is 0.365 e. The van der Waals surface area contributed by atoms with Gasteiger partial charge in [-0.15, -0.1) is 11.3 Å². The second kappa shape index (κ2) is 7.51. The minimum Gasteiger partial charge on any atom is -0.365 e. The van der Waals surface area contributed by atoms with Gasteiger partial charge in [0.15, 0.2) is 0 Å². The molecule has 0 aliphatic heterocycles. The van der Waals surface area contributed by atoms with Crippen LogP contribution in [-0.4, -0.2) is 16.0 Å². The van der Waals surface area contributed by atoms with Gasteiger partial charge in [0.25, 0.3) is 0 Å². The minimum atomic E-state index is 0.236. The molecule has 1 aliphatic carbocycles. The molecule has 4 nitrogen and oxygen atoms in total. The van der Waals surface area contributed by atoms with Crippen molar-refractivity contribution in [3.63, 3.8) is 0 Å². The van der Waals surface area contributed by atoms with E-state index in [9.17, 15) is 0 Å². The number of hydrogen-bond donors (Lipinski definition) is 2. The lowest BCUT2D eigenvalue weighted by Gasteiger charge is -2.28. The van der Waals surface area contributed by atoms with Crippen LogP contribution in [0.2, 0.25) is 5.28 Å². The van der Waals surface area contributed by atoms with Crippen molar-refractivity contribution in [3.8, 4) is 0 Å². The van der Waals surface area contributed by atoms with E-state index in [-0.39, 0.29) is 11.3 Å². The van der Waals surface area contributed by atoms with Crippen LogP contribution in [0.4, 0.5) is 5.82 Å². The monoisotopic (exact) mass is 386 g/mol. The molecule has 1 aromatic carbocycles. The SMILES string of the molecule is Cc1c([C@H]2CCCC[C@@H]2N)sc2c(NCc3ccccc3)nc(Cl)nc12. The van der Waals surface area contributed by atoms with Gasteiger partial charge in [-0.25, -0.2) is 4.98 Å². The van der Waals surface area contributed by atoms with Gasteiger partial charge >= 0.3 is 0 Å². The molecule has 0 spiro atoms. The summed E-state index contributed by atoms with van der Waals surface area (Å²) in [6.07, 6.45) is 4.74. The molecule has 6 heteroatoms. The van der Waals surface area contributed by atoms with E-state index in [1.165, 1.54) is 28.8 Å². The highest BCUT2D eigenvalue weighted by molar-refractivity contribution is 7.20. The zero-order valence-electron chi connectivity index (χ0n) is 14.8. The normalized spacial score (nSPS) is 20.4. The summed E-state index contributed by atoms with van der Waals surface area (Å²) in [5.41, 5.74) is 9.80. The van der Waals surface area contributed by atoms with Crippen LogP contribution in [0.5, 0.6) is 0 Å². The molecule has 0 unspecified atom stereocenters. The molecule has 2 aromatic heterocycles. The number of benzene rings is 1. The van der Waals surface area contributed by atoms with E-state index in [0.29, 0.717) is 12.5 Å². The number of nitrogens with zero attached hydrogens (tertiary/aromatic N) is 2. The van der Waals surface area contributed by atoms with Gasteiger partial charge in [0.05, 0.1) is 10.2 Å². The number of nitrogens with one attached hydrogen (secondary N) is 1. The molecule has 3 N–H and O–H groups in total. The number of aromatic nitrogens is 2. The van der Waals surface area contributed by atoms with Crippen LogP contribution in [-0.2, 0) is 6.54 Å². The van der Waals surface area contributed by atoms with Crippen molar-refractivity contribution in [1.29, 1.82) is 0 Å². The summed E-state index contributed by atoms with van der Waals surface area (Å²) in [7, 11) is 0. The molecule has 1 saturated carbocycles. The topological polar surface area (TPSA) is 63.8 Å². The number of halogens is 1. The first-order valence-electron chi connectivity index (χ1n) is 9.13.